The molecule has 0 aliphatic heterocycles. The van der Waals surface area contributed by atoms with Crippen molar-refractivity contribution in [1.82, 2.24) is 5.32 Å². The minimum Gasteiger partial charge on any atom is -0.398 e. The van der Waals surface area contributed by atoms with Crippen LogP contribution in [0, 0.1) is 0 Å². The van der Waals surface area contributed by atoms with Crippen molar-refractivity contribution < 1.29 is 13.2 Å². The molecule has 0 radical (unpaired) electrons. The lowest BCUT2D eigenvalue weighted by atomic mass is 10.2. The number of anilines is 1. The molecule has 0 heterocycles. The van der Waals surface area contributed by atoms with Crippen LogP contribution in [0.1, 0.15) is 33.1 Å². The number of nitrogen functional groups attached to an aromatic ring is 1. The molecule has 1 aromatic carbocycles. The Morgan fingerprint density at radius 2 is 2.05 bits per heavy atom. The molecule has 0 bridgehead atoms. The maximum atomic E-state index is 12.4. The van der Waals surface area contributed by atoms with E-state index >= 15 is 0 Å². The highest BCUT2D eigenvalue weighted by Gasteiger charge is 2.31. The summed E-state index contributed by atoms with van der Waals surface area (Å²) in [5.74, 6) is -0.513. The predicted molar refractivity (Wildman–Crippen MR) is 85.0 cm³/mol. The first kappa shape index (κ1) is 17.8. The highest BCUT2D eigenvalue weighted by Crippen LogP contribution is 2.25. The number of nitrogens with one attached hydrogen (secondary N) is 1. The van der Waals surface area contributed by atoms with Crippen LogP contribution >= 0.6 is 11.6 Å². The zero-order valence-corrected chi connectivity index (χ0v) is 13.8. The van der Waals surface area contributed by atoms with E-state index in [1.807, 2.05) is 0 Å². The molecule has 118 valence electrons. The molecule has 3 N–H and O–H groups in total. The lowest BCUT2D eigenvalue weighted by Crippen LogP contribution is -2.38. The van der Waals surface area contributed by atoms with E-state index in [2.05, 4.69) is 12.2 Å². The van der Waals surface area contributed by atoms with E-state index in [-0.39, 0.29) is 10.6 Å². The standard InChI is InChI=1S/C14H21ClN2O3S/c1-3-4-5-8-17-14(18)10(2)21(19,20)13-7-6-11(15)9-12(13)16/h6-7,9-10H,3-5,8,16H2,1-2H3,(H,17,18). The number of benzene rings is 1. The average molecular weight is 333 g/mol. The number of rotatable bonds is 7. The van der Waals surface area contributed by atoms with Crippen molar-refractivity contribution in [2.45, 2.75) is 43.3 Å². The molecule has 21 heavy (non-hydrogen) atoms. The fourth-order valence-electron chi connectivity index (χ4n) is 1.84. The molecule has 1 amide bonds. The Kier molecular flexibility index (Phi) is 6.48. The summed E-state index contributed by atoms with van der Waals surface area (Å²) in [6, 6.07) is 4.13. The highest BCUT2D eigenvalue weighted by molar-refractivity contribution is 7.93. The van der Waals surface area contributed by atoms with Crippen molar-refractivity contribution in [3.05, 3.63) is 23.2 Å². The summed E-state index contributed by atoms with van der Waals surface area (Å²) in [4.78, 5) is 11.9. The molecule has 0 aliphatic rings. The average Bonchev–Trinajstić information content (AvgIpc) is 2.42. The van der Waals surface area contributed by atoms with Crippen LogP contribution in [0.15, 0.2) is 23.1 Å². The topological polar surface area (TPSA) is 89.3 Å². The number of hydrogen-bond acceptors (Lipinski definition) is 4. The second kappa shape index (κ2) is 7.66. The minimum atomic E-state index is -3.82. The van der Waals surface area contributed by atoms with Crippen molar-refractivity contribution in [3.8, 4) is 0 Å². The third-order valence-corrected chi connectivity index (χ3v) is 5.56. The first-order chi connectivity index (χ1) is 9.80. The fourth-order valence-corrected chi connectivity index (χ4v) is 3.41. The zero-order valence-electron chi connectivity index (χ0n) is 12.2. The van der Waals surface area contributed by atoms with Crippen LogP contribution in [0.25, 0.3) is 0 Å². The van der Waals surface area contributed by atoms with Crippen LogP contribution in [0.4, 0.5) is 5.69 Å². The summed E-state index contributed by atoms with van der Waals surface area (Å²) in [6.07, 6.45) is 2.86. The molecule has 0 spiro atoms. The van der Waals surface area contributed by atoms with Crippen LogP contribution in [-0.4, -0.2) is 26.1 Å². The molecular weight excluding hydrogens is 312 g/mol. The molecule has 1 aromatic rings. The Balaban J connectivity index is 2.84. The maximum absolute atomic E-state index is 12.4. The van der Waals surface area contributed by atoms with E-state index in [9.17, 15) is 13.2 Å². The summed E-state index contributed by atoms with van der Waals surface area (Å²) in [6.45, 7) is 3.89. The van der Waals surface area contributed by atoms with Gasteiger partial charge >= 0.3 is 0 Å². The predicted octanol–water partition coefficient (Wildman–Crippen LogP) is 2.39. The van der Waals surface area contributed by atoms with Gasteiger partial charge in [0.25, 0.3) is 0 Å². The third kappa shape index (κ3) is 4.61. The number of amides is 1. The molecule has 7 heteroatoms. The monoisotopic (exact) mass is 332 g/mol. The van der Waals surface area contributed by atoms with Gasteiger partial charge in [-0.25, -0.2) is 8.42 Å². The lowest BCUT2D eigenvalue weighted by molar-refractivity contribution is -0.120. The van der Waals surface area contributed by atoms with Gasteiger partial charge in [-0.05, 0) is 31.5 Å². The van der Waals surface area contributed by atoms with E-state index in [1.165, 1.54) is 25.1 Å². The second-order valence-corrected chi connectivity index (χ2v) is 7.54. The van der Waals surface area contributed by atoms with E-state index < -0.39 is 21.0 Å². The number of carbonyl (C=O) groups excluding carboxylic acids is 1. The van der Waals surface area contributed by atoms with Gasteiger partial charge in [0.2, 0.25) is 5.91 Å². The SMILES string of the molecule is CCCCCNC(=O)C(C)S(=O)(=O)c1ccc(Cl)cc1N. The summed E-state index contributed by atoms with van der Waals surface area (Å²) in [7, 11) is -3.82. The molecular formula is C14H21ClN2O3S. The fraction of sp³-hybridized carbons (Fsp3) is 0.500. The summed E-state index contributed by atoms with van der Waals surface area (Å²) in [5.41, 5.74) is 5.74. The van der Waals surface area contributed by atoms with Gasteiger partial charge in [0.05, 0.1) is 10.6 Å². The quantitative estimate of drug-likeness (QED) is 0.592. The van der Waals surface area contributed by atoms with Gasteiger partial charge in [0, 0.05) is 11.6 Å². The Hall–Kier alpha value is -1.27. The van der Waals surface area contributed by atoms with E-state index in [1.54, 1.807) is 0 Å². The molecule has 0 aliphatic carbocycles. The van der Waals surface area contributed by atoms with Crippen molar-refractivity contribution in [3.63, 3.8) is 0 Å². The molecule has 0 fully saturated rings. The minimum absolute atomic E-state index is 0.0492. The van der Waals surface area contributed by atoms with Gasteiger partial charge in [-0.1, -0.05) is 31.4 Å². The van der Waals surface area contributed by atoms with Crippen molar-refractivity contribution in [1.29, 1.82) is 0 Å². The molecule has 1 rings (SSSR count). The lowest BCUT2D eigenvalue weighted by Gasteiger charge is -2.15. The zero-order chi connectivity index (χ0) is 16.0. The Bertz CT molecular complexity index is 602. The number of sulfone groups is 1. The van der Waals surface area contributed by atoms with Crippen LogP contribution in [0.2, 0.25) is 5.02 Å². The first-order valence-electron chi connectivity index (χ1n) is 6.87. The van der Waals surface area contributed by atoms with Crippen LogP contribution in [-0.2, 0) is 14.6 Å². The Labute approximate surface area is 130 Å². The van der Waals surface area contributed by atoms with Gasteiger partial charge in [-0.2, -0.15) is 0 Å². The first-order valence-corrected chi connectivity index (χ1v) is 8.79. The number of unbranched alkanes of at least 4 members (excludes halogenated alkanes) is 2. The van der Waals surface area contributed by atoms with Gasteiger partial charge in [-0.15, -0.1) is 0 Å². The van der Waals surface area contributed by atoms with E-state index in [0.717, 1.165) is 19.3 Å². The Morgan fingerprint density at radius 3 is 2.62 bits per heavy atom. The van der Waals surface area contributed by atoms with Gasteiger partial charge in [-0.3, -0.25) is 4.79 Å². The van der Waals surface area contributed by atoms with Gasteiger partial charge in [0.15, 0.2) is 9.84 Å². The van der Waals surface area contributed by atoms with E-state index in [0.29, 0.717) is 11.6 Å². The molecule has 0 aromatic heterocycles. The summed E-state index contributed by atoms with van der Waals surface area (Å²) in [5, 5.41) is 1.80. The van der Waals surface area contributed by atoms with Crippen molar-refractivity contribution >= 4 is 33.0 Å². The Morgan fingerprint density at radius 1 is 1.38 bits per heavy atom. The van der Waals surface area contributed by atoms with Crippen LogP contribution < -0.4 is 11.1 Å². The van der Waals surface area contributed by atoms with Gasteiger partial charge in [0.1, 0.15) is 5.25 Å². The van der Waals surface area contributed by atoms with Gasteiger partial charge < -0.3 is 11.1 Å². The molecule has 0 saturated heterocycles. The maximum Gasteiger partial charge on any atom is 0.238 e. The van der Waals surface area contributed by atoms with Crippen LogP contribution in [0.5, 0.6) is 0 Å². The van der Waals surface area contributed by atoms with Crippen molar-refractivity contribution in [2.75, 3.05) is 12.3 Å². The third-order valence-electron chi connectivity index (χ3n) is 3.19. The number of hydrogen-bond donors (Lipinski definition) is 2. The molecule has 1 atom stereocenters. The normalized spacial score (nSPS) is 12.9. The molecule has 1 unspecified atom stereocenters. The molecule has 5 nitrogen and oxygen atoms in total. The molecule has 0 saturated carbocycles. The number of carbonyl (C=O) groups is 1. The number of nitrogens with two attached hydrogens (primary N) is 1. The van der Waals surface area contributed by atoms with Crippen LogP contribution in [0.3, 0.4) is 0 Å². The van der Waals surface area contributed by atoms with E-state index in [4.69, 9.17) is 17.3 Å². The second-order valence-electron chi connectivity index (χ2n) is 4.87. The summed E-state index contributed by atoms with van der Waals surface area (Å²) >= 11 is 5.75. The smallest absolute Gasteiger partial charge is 0.238 e. The van der Waals surface area contributed by atoms with Crippen molar-refractivity contribution in [2.24, 2.45) is 0 Å². The number of halogens is 1. The largest absolute Gasteiger partial charge is 0.398 e. The highest BCUT2D eigenvalue weighted by atomic mass is 35.5. The summed E-state index contributed by atoms with van der Waals surface area (Å²) < 4.78 is 24.8.